The Morgan fingerprint density at radius 3 is 2.71 bits per heavy atom. The minimum Gasteiger partial charge on any atom is -0.394 e. The van der Waals surface area contributed by atoms with E-state index in [2.05, 4.69) is 23.5 Å². The monoisotopic (exact) mass is 289 g/mol. The quantitative estimate of drug-likeness (QED) is 0.763. The molecule has 0 aromatic heterocycles. The average Bonchev–Trinajstić information content (AvgIpc) is 3.28. The maximum absolute atomic E-state index is 12.5. The average molecular weight is 289 g/mol. The van der Waals surface area contributed by atoms with Gasteiger partial charge in [-0.05, 0) is 42.2 Å². The van der Waals surface area contributed by atoms with E-state index in [1.54, 1.807) is 0 Å². The van der Waals surface area contributed by atoms with E-state index in [4.69, 9.17) is 0 Å². The smallest absolute Gasteiger partial charge is 0.224 e. The summed E-state index contributed by atoms with van der Waals surface area (Å²) in [6.45, 7) is 1.40. The number of fused-ring (bicyclic) bond motifs is 3. The first-order chi connectivity index (χ1) is 10.2. The van der Waals surface area contributed by atoms with Crippen LogP contribution in [0.1, 0.15) is 36.8 Å². The topological polar surface area (TPSA) is 69.6 Å². The van der Waals surface area contributed by atoms with Gasteiger partial charge in [-0.25, -0.2) is 0 Å². The molecule has 0 saturated heterocycles. The van der Waals surface area contributed by atoms with Crippen LogP contribution in [0, 0.1) is 11.8 Å². The van der Waals surface area contributed by atoms with Crippen LogP contribution in [0.2, 0.25) is 0 Å². The van der Waals surface area contributed by atoms with Crippen LogP contribution in [-0.2, 0) is 11.2 Å². The first-order valence-electron chi connectivity index (χ1n) is 7.77. The molecular weight excluding hydrogens is 266 g/mol. The molecule has 0 radical (unpaired) electrons. The number of amides is 1. The van der Waals surface area contributed by atoms with Gasteiger partial charge in [-0.1, -0.05) is 31.2 Å². The molecule has 0 heterocycles. The maximum atomic E-state index is 12.5. The molecule has 21 heavy (non-hydrogen) atoms. The minimum atomic E-state index is -0.887. The number of carbonyl (C=O) groups excluding carboxylic acids is 1. The molecule has 114 valence electrons. The van der Waals surface area contributed by atoms with Gasteiger partial charge in [0.2, 0.25) is 5.91 Å². The van der Waals surface area contributed by atoms with Crippen molar-refractivity contribution in [3.63, 3.8) is 0 Å². The van der Waals surface area contributed by atoms with Gasteiger partial charge in [0.25, 0.3) is 0 Å². The first kappa shape index (κ1) is 14.5. The highest BCUT2D eigenvalue weighted by molar-refractivity contribution is 5.84. The number of benzene rings is 1. The van der Waals surface area contributed by atoms with Gasteiger partial charge < -0.3 is 15.5 Å². The number of rotatable bonds is 5. The zero-order chi connectivity index (χ0) is 15.0. The fourth-order valence-corrected chi connectivity index (χ4v) is 3.71. The van der Waals surface area contributed by atoms with Crippen molar-refractivity contribution in [2.45, 2.75) is 37.6 Å². The lowest BCUT2D eigenvalue weighted by Gasteiger charge is -2.29. The summed E-state index contributed by atoms with van der Waals surface area (Å²) in [7, 11) is 0. The predicted octanol–water partition coefficient (Wildman–Crippen LogP) is 1.21. The highest BCUT2D eigenvalue weighted by atomic mass is 16.3. The second kappa shape index (κ2) is 5.43. The molecule has 3 N–H and O–H groups in total. The Labute approximate surface area is 125 Å². The van der Waals surface area contributed by atoms with Crippen molar-refractivity contribution in [2.75, 3.05) is 13.2 Å². The van der Waals surface area contributed by atoms with E-state index in [1.807, 2.05) is 13.0 Å². The number of hydrogen-bond donors (Lipinski definition) is 3. The first-order valence-corrected chi connectivity index (χ1v) is 7.77. The van der Waals surface area contributed by atoms with Crippen molar-refractivity contribution in [3.05, 3.63) is 35.4 Å². The lowest BCUT2D eigenvalue weighted by molar-refractivity contribution is -0.126. The second-order valence-corrected chi connectivity index (χ2v) is 6.39. The van der Waals surface area contributed by atoms with Crippen molar-refractivity contribution in [1.29, 1.82) is 0 Å². The van der Waals surface area contributed by atoms with Crippen LogP contribution in [0.3, 0.4) is 0 Å². The Morgan fingerprint density at radius 1 is 1.33 bits per heavy atom. The highest BCUT2D eigenvalue weighted by Gasteiger charge is 2.57. The van der Waals surface area contributed by atoms with Crippen molar-refractivity contribution in [1.82, 2.24) is 5.32 Å². The van der Waals surface area contributed by atoms with Crippen molar-refractivity contribution >= 4 is 5.91 Å². The molecule has 3 rings (SSSR count). The molecule has 0 bridgehead atoms. The maximum Gasteiger partial charge on any atom is 0.224 e. The zero-order valence-corrected chi connectivity index (χ0v) is 12.4. The molecule has 1 amide bonds. The van der Waals surface area contributed by atoms with Gasteiger partial charge in [-0.15, -0.1) is 0 Å². The summed E-state index contributed by atoms with van der Waals surface area (Å²) in [4.78, 5) is 12.5. The minimum absolute atomic E-state index is 0.00215. The van der Waals surface area contributed by atoms with Gasteiger partial charge in [0.1, 0.15) is 0 Å². The fourth-order valence-electron chi connectivity index (χ4n) is 3.71. The Bertz CT molecular complexity index is 530. The van der Waals surface area contributed by atoms with Crippen LogP contribution >= 0.6 is 0 Å². The second-order valence-electron chi connectivity index (χ2n) is 6.39. The third kappa shape index (κ3) is 2.36. The molecule has 1 saturated carbocycles. The van der Waals surface area contributed by atoms with Gasteiger partial charge in [0, 0.05) is 5.92 Å². The summed E-state index contributed by atoms with van der Waals surface area (Å²) in [5, 5.41) is 21.8. The Morgan fingerprint density at radius 2 is 2.05 bits per heavy atom. The third-order valence-electron chi connectivity index (χ3n) is 5.30. The SMILES string of the molecule is CCC(CO)(CO)NC(=O)C1C2CCc3ccccc3C21. The summed E-state index contributed by atoms with van der Waals surface area (Å²) in [6, 6.07) is 8.36. The van der Waals surface area contributed by atoms with Crippen molar-refractivity contribution in [2.24, 2.45) is 11.8 Å². The molecule has 3 atom stereocenters. The van der Waals surface area contributed by atoms with Crippen LogP contribution in [0.5, 0.6) is 0 Å². The number of aryl methyl sites for hydroxylation is 1. The Kier molecular flexibility index (Phi) is 3.76. The Balaban J connectivity index is 1.74. The van der Waals surface area contributed by atoms with Crippen LogP contribution in [0.15, 0.2) is 24.3 Å². The number of aliphatic hydroxyl groups is 2. The zero-order valence-electron chi connectivity index (χ0n) is 12.4. The van der Waals surface area contributed by atoms with Gasteiger partial charge >= 0.3 is 0 Å². The van der Waals surface area contributed by atoms with Crippen LogP contribution in [-0.4, -0.2) is 34.9 Å². The van der Waals surface area contributed by atoms with E-state index in [0.717, 1.165) is 12.8 Å². The molecule has 0 aliphatic heterocycles. The van der Waals surface area contributed by atoms with Crippen LogP contribution in [0.4, 0.5) is 0 Å². The van der Waals surface area contributed by atoms with Crippen molar-refractivity contribution in [3.8, 4) is 0 Å². The highest BCUT2D eigenvalue weighted by Crippen LogP contribution is 2.59. The Hall–Kier alpha value is -1.39. The fraction of sp³-hybridized carbons (Fsp3) is 0.588. The van der Waals surface area contributed by atoms with Crippen LogP contribution in [0.25, 0.3) is 0 Å². The molecule has 4 heteroatoms. The molecule has 3 unspecified atom stereocenters. The number of carbonyl (C=O) groups is 1. The van der Waals surface area contributed by atoms with Gasteiger partial charge in [-0.2, -0.15) is 0 Å². The molecule has 0 spiro atoms. The number of aliphatic hydroxyl groups excluding tert-OH is 2. The molecule has 1 aromatic rings. The lowest BCUT2D eigenvalue weighted by Crippen LogP contribution is -2.54. The van der Waals surface area contributed by atoms with E-state index in [9.17, 15) is 15.0 Å². The third-order valence-corrected chi connectivity index (χ3v) is 5.30. The van der Waals surface area contributed by atoms with Crippen molar-refractivity contribution < 1.29 is 15.0 Å². The standard InChI is InChI=1S/C17H23NO3/c1-2-17(9-19,10-20)18-16(21)15-13-8-7-11-5-3-4-6-12(11)14(13)15/h3-6,13-15,19-20H,2,7-10H2,1H3,(H,18,21). The molecule has 1 aromatic carbocycles. The van der Waals surface area contributed by atoms with E-state index < -0.39 is 5.54 Å². The molecular formula is C17H23NO3. The molecule has 2 aliphatic rings. The van der Waals surface area contributed by atoms with Gasteiger partial charge in [-0.3, -0.25) is 4.79 Å². The summed E-state index contributed by atoms with van der Waals surface area (Å²) < 4.78 is 0. The van der Waals surface area contributed by atoms with E-state index >= 15 is 0 Å². The predicted molar refractivity (Wildman–Crippen MR) is 79.8 cm³/mol. The van der Waals surface area contributed by atoms with Gasteiger partial charge in [0.05, 0.1) is 18.8 Å². The molecule has 4 nitrogen and oxygen atoms in total. The number of nitrogens with one attached hydrogen (secondary N) is 1. The summed E-state index contributed by atoms with van der Waals surface area (Å²) in [5.41, 5.74) is 1.78. The van der Waals surface area contributed by atoms with E-state index in [0.29, 0.717) is 18.3 Å². The molecule has 1 fully saturated rings. The lowest BCUT2D eigenvalue weighted by atomic mass is 9.92. The van der Waals surface area contributed by atoms with Gasteiger partial charge in [0.15, 0.2) is 0 Å². The van der Waals surface area contributed by atoms with E-state index in [1.165, 1.54) is 11.1 Å². The van der Waals surface area contributed by atoms with E-state index in [-0.39, 0.29) is 25.0 Å². The normalized spacial score (nSPS) is 26.7. The summed E-state index contributed by atoms with van der Waals surface area (Å²) in [6.07, 6.45) is 2.61. The number of hydrogen-bond acceptors (Lipinski definition) is 3. The summed E-state index contributed by atoms with van der Waals surface area (Å²) in [5.74, 6) is 0.720. The summed E-state index contributed by atoms with van der Waals surface area (Å²) >= 11 is 0. The molecule has 2 aliphatic carbocycles. The largest absolute Gasteiger partial charge is 0.394 e. The van der Waals surface area contributed by atoms with Crippen LogP contribution < -0.4 is 5.32 Å².